The number of hydrogen-bond acceptors (Lipinski definition) is 4. The molecule has 5 nitrogen and oxygen atoms in total. The monoisotopic (exact) mass is 516 g/mol. The molecule has 154 valence electrons. The van der Waals surface area contributed by atoms with E-state index in [2.05, 4.69) is 21.1 Å². The van der Waals surface area contributed by atoms with Crippen LogP contribution in [-0.4, -0.2) is 35.9 Å². The summed E-state index contributed by atoms with van der Waals surface area (Å²) in [6, 6.07) is 11.2. The Hall–Kier alpha value is -1.54. The van der Waals surface area contributed by atoms with Crippen LogP contribution in [0.2, 0.25) is 10.0 Å². The molecule has 3 aromatic rings. The lowest BCUT2D eigenvalue weighted by Crippen LogP contribution is -2.08. The van der Waals surface area contributed by atoms with Crippen LogP contribution < -0.4 is 0 Å². The van der Waals surface area contributed by atoms with Gasteiger partial charge < -0.3 is 9.77 Å². The molecular formula is C20H19BrCl2N2O3S. The quantitative estimate of drug-likeness (QED) is 0.253. The van der Waals surface area contributed by atoms with Gasteiger partial charge in [-0.25, -0.2) is 8.42 Å². The first-order valence-electron chi connectivity index (χ1n) is 8.80. The molecule has 0 amide bonds. The molecule has 0 aliphatic heterocycles. The predicted octanol–water partition coefficient (Wildman–Crippen LogP) is 5.57. The third kappa shape index (κ3) is 5.15. The number of oxime groups is 1. The minimum Gasteiger partial charge on any atom is -0.411 e. The summed E-state index contributed by atoms with van der Waals surface area (Å²) >= 11 is 16.2. The summed E-state index contributed by atoms with van der Waals surface area (Å²) in [6.07, 6.45) is 3.88. The Balaban J connectivity index is 2.05. The highest BCUT2D eigenvalue weighted by Crippen LogP contribution is 2.35. The maximum atomic E-state index is 11.5. The van der Waals surface area contributed by atoms with Gasteiger partial charge in [-0.15, -0.1) is 0 Å². The summed E-state index contributed by atoms with van der Waals surface area (Å²) < 4.78 is 25.8. The molecular weight excluding hydrogens is 499 g/mol. The summed E-state index contributed by atoms with van der Waals surface area (Å²) in [6.45, 7) is 0.442. The highest BCUT2D eigenvalue weighted by Gasteiger charge is 2.19. The molecule has 0 aliphatic carbocycles. The van der Waals surface area contributed by atoms with Crippen molar-refractivity contribution in [3.63, 3.8) is 0 Å². The molecule has 0 atom stereocenters. The maximum Gasteiger partial charge on any atom is 0.147 e. The van der Waals surface area contributed by atoms with E-state index < -0.39 is 9.84 Å². The molecule has 0 saturated heterocycles. The predicted molar refractivity (Wildman–Crippen MR) is 122 cm³/mol. The smallest absolute Gasteiger partial charge is 0.147 e. The van der Waals surface area contributed by atoms with Crippen LogP contribution in [-0.2, 0) is 22.8 Å². The average Bonchev–Trinajstić information content (AvgIpc) is 3.02. The topological polar surface area (TPSA) is 71.7 Å². The van der Waals surface area contributed by atoms with E-state index in [-0.39, 0.29) is 5.75 Å². The SMILES string of the molecule is CS(=O)(=O)CCCn1cc(C(Cc2ccccc2Br)=NO)c2ccc(Cl)c(Cl)c21. The van der Waals surface area contributed by atoms with Gasteiger partial charge in [-0.3, -0.25) is 0 Å². The van der Waals surface area contributed by atoms with Gasteiger partial charge in [0.25, 0.3) is 0 Å². The Kier molecular flexibility index (Phi) is 6.94. The van der Waals surface area contributed by atoms with Crippen molar-refractivity contribution in [2.75, 3.05) is 12.0 Å². The van der Waals surface area contributed by atoms with Crippen molar-refractivity contribution in [1.29, 1.82) is 0 Å². The first-order valence-corrected chi connectivity index (χ1v) is 12.4. The van der Waals surface area contributed by atoms with Gasteiger partial charge in [0.1, 0.15) is 9.84 Å². The van der Waals surface area contributed by atoms with Crippen molar-refractivity contribution in [3.05, 3.63) is 68.2 Å². The lowest BCUT2D eigenvalue weighted by molar-refractivity contribution is 0.318. The van der Waals surface area contributed by atoms with E-state index in [9.17, 15) is 13.6 Å². The van der Waals surface area contributed by atoms with Crippen molar-refractivity contribution in [1.82, 2.24) is 4.57 Å². The second kappa shape index (κ2) is 9.08. The summed E-state index contributed by atoms with van der Waals surface area (Å²) in [5.41, 5.74) is 2.85. The van der Waals surface area contributed by atoms with Crippen LogP contribution in [0.15, 0.2) is 52.2 Å². The minimum atomic E-state index is -3.07. The zero-order chi connectivity index (χ0) is 21.2. The van der Waals surface area contributed by atoms with E-state index in [1.807, 2.05) is 41.1 Å². The lowest BCUT2D eigenvalue weighted by Gasteiger charge is -2.07. The number of aryl methyl sites for hydroxylation is 1. The summed E-state index contributed by atoms with van der Waals surface area (Å²) in [4.78, 5) is 0. The molecule has 29 heavy (non-hydrogen) atoms. The highest BCUT2D eigenvalue weighted by molar-refractivity contribution is 9.10. The number of sulfone groups is 1. The van der Waals surface area contributed by atoms with Crippen molar-refractivity contribution < 1.29 is 13.6 Å². The van der Waals surface area contributed by atoms with Crippen molar-refractivity contribution >= 4 is 65.6 Å². The molecule has 0 fully saturated rings. The first kappa shape index (κ1) is 22.2. The standard InChI is InChI=1S/C20H19BrCl2N2O3S/c1-29(27,28)10-4-9-25-12-15(14-7-8-17(22)19(23)20(14)25)18(24-26)11-13-5-2-3-6-16(13)21/h2-3,5-8,12,26H,4,9-11H2,1H3. The molecule has 0 aliphatic rings. The zero-order valence-electron chi connectivity index (χ0n) is 15.6. The Bertz CT molecular complexity index is 1190. The van der Waals surface area contributed by atoms with E-state index in [0.29, 0.717) is 40.7 Å². The molecule has 3 rings (SSSR count). The Labute approximate surface area is 188 Å². The van der Waals surface area contributed by atoms with Gasteiger partial charge in [0, 0.05) is 40.8 Å². The van der Waals surface area contributed by atoms with Gasteiger partial charge >= 0.3 is 0 Å². The summed E-state index contributed by atoms with van der Waals surface area (Å²) in [5, 5.41) is 14.8. The fourth-order valence-corrected chi connectivity index (χ4v) is 4.74. The number of aromatic nitrogens is 1. The fourth-order valence-electron chi connectivity index (χ4n) is 3.24. The van der Waals surface area contributed by atoms with E-state index in [0.717, 1.165) is 21.0 Å². The highest BCUT2D eigenvalue weighted by atomic mass is 79.9. The van der Waals surface area contributed by atoms with E-state index >= 15 is 0 Å². The van der Waals surface area contributed by atoms with Crippen LogP contribution in [0.3, 0.4) is 0 Å². The zero-order valence-corrected chi connectivity index (χ0v) is 19.5. The van der Waals surface area contributed by atoms with Crippen LogP contribution in [0, 0.1) is 0 Å². The molecule has 2 aromatic carbocycles. The lowest BCUT2D eigenvalue weighted by atomic mass is 10.0. The van der Waals surface area contributed by atoms with Crippen molar-refractivity contribution in [2.45, 2.75) is 19.4 Å². The largest absolute Gasteiger partial charge is 0.411 e. The van der Waals surface area contributed by atoms with Crippen LogP contribution >= 0.6 is 39.1 Å². The normalized spacial score (nSPS) is 12.6. The van der Waals surface area contributed by atoms with Gasteiger partial charge in [-0.2, -0.15) is 0 Å². The average molecular weight is 518 g/mol. The summed E-state index contributed by atoms with van der Waals surface area (Å²) in [7, 11) is -3.07. The van der Waals surface area contributed by atoms with Gasteiger partial charge in [-0.1, -0.05) is 68.6 Å². The molecule has 0 spiro atoms. The van der Waals surface area contributed by atoms with E-state index in [4.69, 9.17) is 23.2 Å². The Morgan fingerprint density at radius 1 is 1.21 bits per heavy atom. The number of hydrogen-bond donors (Lipinski definition) is 1. The molecule has 0 radical (unpaired) electrons. The molecule has 0 unspecified atom stereocenters. The molecule has 1 N–H and O–H groups in total. The third-order valence-electron chi connectivity index (χ3n) is 4.59. The van der Waals surface area contributed by atoms with Crippen LogP contribution in [0.4, 0.5) is 0 Å². The van der Waals surface area contributed by atoms with E-state index in [1.165, 1.54) is 6.26 Å². The Morgan fingerprint density at radius 3 is 2.59 bits per heavy atom. The maximum absolute atomic E-state index is 11.5. The molecule has 0 saturated carbocycles. The fraction of sp³-hybridized carbons (Fsp3) is 0.250. The van der Waals surface area contributed by atoms with Crippen LogP contribution in [0.1, 0.15) is 17.5 Å². The molecule has 1 aromatic heterocycles. The van der Waals surface area contributed by atoms with Crippen LogP contribution in [0.5, 0.6) is 0 Å². The molecule has 0 bridgehead atoms. The second-order valence-corrected chi connectivity index (χ2v) is 10.7. The Morgan fingerprint density at radius 2 is 1.93 bits per heavy atom. The number of halogens is 3. The van der Waals surface area contributed by atoms with Gasteiger partial charge in [-0.05, 0) is 24.1 Å². The molecule has 1 heterocycles. The van der Waals surface area contributed by atoms with Gasteiger partial charge in [0.2, 0.25) is 0 Å². The minimum absolute atomic E-state index is 0.0676. The van der Waals surface area contributed by atoms with Gasteiger partial charge in [0.15, 0.2) is 0 Å². The van der Waals surface area contributed by atoms with Crippen molar-refractivity contribution in [2.24, 2.45) is 5.16 Å². The third-order valence-corrected chi connectivity index (χ3v) is 7.19. The van der Waals surface area contributed by atoms with Crippen molar-refractivity contribution in [3.8, 4) is 0 Å². The molecule has 9 heteroatoms. The van der Waals surface area contributed by atoms with E-state index in [1.54, 1.807) is 6.07 Å². The number of nitrogens with zero attached hydrogens (tertiary/aromatic N) is 2. The number of benzene rings is 2. The number of fused-ring (bicyclic) bond motifs is 1. The first-order chi connectivity index (χ1) is 13.7. The van der Waals surface area contributed by atoms with Gasteiger partial charge in [0.05, 0.1) is 27.0 Å². The summed E-state index contributed by atoms with van der Waals surface area (Å²) in [5.74, 6) is 0.0676. The second-order valence-electron chi connectivity index (χ2n) is 6.79. The van der Waals surface area contributed by atoms with Crippen LogP contribution in [0.25, 0.3) is 10.9 Å². The number of rotatable bonds is 7.